The summed E-state index contributed by atoms with van der Waals surface area (Å²) in [5.41, 5.74) is 4.14. The lowest BCUT2D eigenvalue weighted by molar-refractivity contribution is 0.0205. The molecular weight excluding hydrogens is 485 g/mol. The SMILES string of the molecule is COc1ccc(-c2c(-c3ccc(S(N)(=O)=O)cc3)csc2CCCSC(=S)N(C)O)cc1. The lowest BCUT2D eigenvalue weighted by atomic mass is 9.95. The maximum atomic E-state index is 11.6. The predicted molar refractivity (Wildman–Crippen MR) is 136 cm³/mol. The van der Waals surface area contributed by atoms with E-state index in [0.29, 0.717) is 4.32 Å². The molecular formula is C22H24N2O4S4. The van der Waals surface area contributed by atoms with E-state index in [-0.39, 0.29) is 4.90 Å². The van der Waals surface area contributed by atoms with E-state index in [2.05, 4.69) is 5.38 Å². The van der Waals surface area contributed by atoms with Crippen molar-refractivity contribution in [2.45, 2.75) is 17.7 Å². The van der Waals surface area contributed by atoms with E-state index in [9.17, 15) is 13.6 Å². The second-order valence-electron chi connectivity index (χ2n) is 6.99. The fourth-order valence-corrected chi connectivity index (χ4v) is 5.72. The van der Waals surface area contributed by atoms with E-state index in [0.717, 1.165) is 51.7 Å². The Morgan fingerprint density at radius 3 is 2.34 bits per heavy atom. The summed E-state index contributed by atoms with van der Waals surface area (Å²) in [5.74, 6) is 1.57. The average molecular weight is 509 g/mol. The highest BCUT2D eigenvalue weighted by Crippen LogP contribution is 2.41. The van der Waals surface area contributed by atoms with E-state index in [1.165, 1.54) is 35.8 Å². The minimum absolute atomic E-state index is 0.0875. The summed E-state index contributed by atoms with van der Waals surface area (Å²) in [6.07, 6.45) is 1.75. The molecule has 0 saturated heterocycles. The van der Waals surface area contributed by atoms with Gasteiger partial charge in [0.1, 0.15) is 5.75 Å². The Morgan fingerprint density at radius 1 is 1.16 bits per heavy atom. The summed E-state index contributed by atoms with van der Waals surface area (Å²) in [7, 11) is -0.588. The summed E-state index contributed by atoms with van der Waals surface area (Å²) in [6, 6.07) is 14.5. The molecule has 0 saturated carbocycles. The molecule has 2 aromatic carbocycles. The molecule has 0 radical (unpaired) electrons. The van der Waals surface area contributed by atoms with Crippen LogP contribution in [0.1, 0.15) is 11.3 Å². The zero-order chi connectivity index (χ0) is 23.3. The van der Waals surface area contributed by atoms with Crippen LogP contribution in [0, 0.1) is 0 Å². The number of thiophene rings is 1. The number of ether oxygens (including phenoxy) is 1. The number of nitrogens with two attached hydrogens (primary N) is 1. The minimum Gasteiger partial charge on any atom is -0.497 e. The van der Waals surface area contributed by atoms with Gasteiger partial charge in [0.05, 0.1) is 12.0 Å². The van der Waals surface area contributed by atoms with Gasteiger partial charge in [-0.3, -0.25) is 5.21 Å². The summed E-state index contributed by atoms with van der Waals surface area (Å²) in [6.45, 7) is 0. The number of rotatable bonds is 8. The Hall–Kier alpha value is -1.95. The van der Waals surface area contributed by atoms with Gasteiger partial charge in [0.15, 0.2) is 4.32 Å². The molecule has 0 spiro atoms. The fourth-order valence-electron chi connectivity index (χ4n) is 3.18. The van der Waals surface area contributed by atoms with Crippen molar-refractivity contribution in [3.05, 3.63) is 58.8 Å². The van der Waals surface area contributed by atoms with Gasteiger partial charge < -0.3 is 4.74 Å². The highest BCUT2D eigenvalue weighted by atomic mass is 32.2. The number of sulfonamides is 1. The molecule has 3 N–H and O–H groups in total. The van der Waals surface area contributed by atoms with Gasteiger partial charge in [-0.05, 0) is 53.6 Å². The van der Waals surface area contributed by atoms with Gasteiger partial charge in [-0.25, -0.2) is 18.6 Å². The van der Waals surface area contributed by atoms with E-state index in [1.807, 2.05) is 24.3 Å². The number of primary sulfonamides is 1. The molecule has 6 nitrogen and oxygen atoms in total. The van der Waals surface area contributed by atoms with Crippen molar-refractivity contribution in [2.75, 3.05) is 19.9 Å². The summed E-state index contributed by atoms with van der Waals surface area (Å²) < 4.78 is 29.0. The lowest BCUT2D eigenvalue weighted by Gasteiger charge is -2.12. The minimum atomic E-state index is -3.74. The standard InChI is InChI=1S/C22H24N2O4S4/c1-24(25)22(29)30-13-3-4-20-21(16-5-9-17(28-2)10-6-16)19(14-31-20)15-7-11-18(12-8-15)32(23,26)27/h5-12,14,25H,3-4,13H2,1-2H3,(H2,23,26,27). The number of thioether (sulfide) groups is 1. The van der Waals surface area contributed by atoms with Gasteiger partial charge in [-0.15, -0.1) is 11.3 Å². The van der Waals surface area contributed by atoms with Crippen LogP contribution in [0.3, 0.4) is 0 Å². The van der Waals surface area contributed by atoms with Crippen molar-refractivity contribution in [3.8, 4) is 28.0 Å². The number of aryl methyl sites for hydroxylation is 1. The van der Waals surface area contributed by atoms with Crippen molar-refractivity contribution < 1.29 is 18.4 Å². The van der Waals surface area contributed by atoms with E-state index in [1.54, 1.807) is 30.6 Å². The molecule has 0 fully saturated rings. The first kappa shape index (κ1) is 24.7. The van der Waals surface area contributed by atoms with Gasteiger partial charge in [-0.1, -0.05) is 48.2 Å². The molecule has 1 heterocycles. The monoisotopic (exact) mass is 508 g/mol. The van der Waals surface area contributed by atoms with Crippen LogP contribution in [0.15, 0.2) is 58.8 Å². The number of hydroxylamine groups is 2. The van der Waals surface area contributed by atoms with Gasteiger partial charge in [0, 0.05) is 28.8 Å². The molecule has 10 heteroatoms. The van der Waals surface area contributed by atoms with E-state index < -0.39 is 10.0 Å². The normalized spacial score (nSPS) is 11.4. The molecule has 0 aliphatic rings. The molecule has 0 atom stereocenters. The molecule has 0 bridgehead atoms. The number of hydrogen-bond donors (Lipinski definition) is 2. The number of thiocarbonyl (C=S) groups is 1. The molecule has 170 valence electrons. The molecule has 3 aromatic rings. The third kappa shape index (κ3) is 6.09. The highest BCUT2D eigenvalue weighted by molar-refractivity contribution is 8.22. The predicted octanol–water partition coefficient (Wildman–Crippen LogP) is 5.01. The van der Waals surface area contributed by atoms with Crippen molar-refractivity contribution >= 4 is 49.7 Å². The topological polar surface area (TPSA) is 92.9 Å². The van der Waals surface area contributed by atoms with Gasteiger partial charge >= 0.3 is 0 Å². The van der Waals surface area contributed by atoms with Crippen molar-refractivity contribution in [1.29, 1.82) is 0 Å². The average Bonchev–Trinajstić information content (AvgIpc) is 3.19. The van der Waals surface area contributed by atoms with Gasteiger partial charge in [0.25, 0.3) is 0 Å². The van der Waals surface area contributed by atoms with Crippen LogP contribution in [0.4, 0.5) is 0 Å². The molecule has 0 amide bonds. The Morgan fingerprint density at radius 2 is 1.78 bits per heavy atom. The second kappa shape index (κ2) is 10.8. The van der Waals surface area contributed by atoms with Gasteiger partial charge in [-0.2, -0.15) is 0 Å². The number of hydrogen-bond acceptors (Lipinski definition) is 7. The third-order valence-electron chi connectivity index (χ3n) is 4.78. The maximum Gasteiger partial charge on any atom is 0.238 e. The van der Waals surface area contributed by atoms with Crippen LogP contribution in [-0.2, 0) is 16.4 Å². The zero-order valence-electron chi connectivity index (χ0n) is 17.6. The molecule has 0 unspecified atom stereocenters. The Labute approximate surface area is 202 Å². The maximum absolute atomic E-state index is 11.6. The van der Waals surface area contributed by atoms with Crippen LogP contribution in [0.25, 0.3) is 22.3 Å². The lowest BCUT2D eigenvalue weighted by Crippen LogP contribution is -2.17. The smallest absolute Gasteiger partial charge is 0.238 e. The number of benzene rings is 2. The first-order valence-corrected chi connectivity index (χ1v) is 13.5. The van der Waals surface area contributed by atoms with E-state index in [4.69, 9.17) is 22.1 Å². The van der Waals surface area contributed by atoms with Crippen molar-refractivity contribution in [2.24, 2.45) is 5.14 Å². The Balaban J connectivity index is 1.92. The molecule has 1 aromatic heterocycles. The summed E-state index contributed by atoms with van der Waals surface area (Å²) in [5, 5.41) is 17.7. The number of nitrogens with zero attached hydrogens (tertiary/aromatic N) is 1. The summed E-state index contributed by atoms with van der Waals surface area (Å²) in [4.78, 5) is 1.31. The zero-order valence-corrected chi connectivity index (χ0v) is 20.9. The largest absolute Gasteiger partial charge is 0.497 e. The molecule has 0 aliphatic carbocycles. The van der Waals surface area contributed by atoms with Crippen molar-refractivity contribution in [3.63, 3.8) is 0 Å². The third-order valence-corrected chi connectivity index (χ3v) is 8.37. The van der Waals surface area contributed by atoms with Crippen LogP contribution >= 0.6 is 35.3 Å². The summed E-state index contributed by atoms with van der Waals surface area (Å²) >= 11 is 8.24. The highest BCUT2D eigenvalue weighted by Gasteiger charge is 2.17. The Bertz CT molecular complexity index is 1170. The molecule has 0 aliphatic heterocycles. The van der Waals surface area contributed by atoms with Gasteiger partial charge in [0.2, 0.25) is 10.0 Å². The van der Waals surface area contributed by atoms with E-state index >= 15 is 0 Å². The number of methoxy groups -OCH3 is 1. The van der Waals surface area contributed by atoms with Crippen molar-refractivity contribution in [1.82, 2.24) is 5.06 Å². The first-order chi connectivity index (χ1) is 15.2. The Kier molecular flexibility index (Phi) is 8.32. The molecule has 32 heavy (non-hydrogen) atoms. The quantitative estimate of drug-likeness (QED) is 0.251. The second-order valence-corrected chi connectivity index (χ2v) is 11.2. The van der Waals surface area contributed by atoms with Crippen LogP contribution < -0.4 is 9.88 Å². The van der Waals surface area contributed by atoms with Crippen LogP contribution in [-0.4, -0.2) is 42.9 Å². The molecule has 3 rings (SSSR count). The fraction of sp³-hybridized carbons (Fsp3) is 0.227. The van der Waals surface area contributed by atoms with Crippen LogP contribution in [0.2, 0.25) is 0 Å². The first-order valence-electron chi connectivity index (χ1n) is 9.68. The van der Waals surface area contributed by atoms with Crippen LogP contribution in [0.5, 0.6) is 5.75 Å².